The smallest absolute Gasteiger partial charge is 0.289 e. The lowest BCUT2D eigenvalue weighted by Gasteiger charge is -2.10. The number of aromatic nitrogens is 4. The van der Waals surface area contributed by atoms with E-state index >= 15 is 0 Å². The second-order valence-electron chi connectivity index (χ2n) is 6.15. The number of methoxy groups -OCH3 is 1. The van der Waals surface area contributed by atoms with Crippen molar-refractivity contribution in [2.24, 2.45) is 7.05 Å². The summed E-state index contributed by atoms with van der Waals surface area (Å²) in [7, 11) is 3.12. The van der Waals surface area contributed by atoms with Crippen molar-refractivity contribution in [1.29, 1.82) is 0 Å². The molecular weight excluding hydrogens is 418 g/mol. The summed E-state index contributed by atoms with van der Waals surface area (Å²) in [6.07, 6.45) is 0. The fourth-order valence-electron chi connectivity index (χ4n) is 3.05. The van der Waals surface area contributed by atoms with Crippen LogP contribution in [0, 0.1) is 0 Å². The first-order chi connectivity index (χ1) is 14.0. The van der Waals surface area contributed by atoms with Gasteiger partial charge in [0.1, 0.15) is 5.75 Å². The Morgan fingerprint density at radius 1 is 1.17 bits per heavy atom. The molecule has 2 aromatic carbocycles. The second-order valence-corrected chi connectivity index (χ2v) is 8.13. The lowest BCUT2D eigenvalue weighted by Crippen LogP contribution is -2.20. The monoisotopic (exact) mass is 434 g/mol. The summed E-state index contributed by atoms with van der Waals surface area (Å²) in [6.45, 7) is 0. The lowest BCUT2D eigenvalue weighted by molar-refractivity contribution is 0.251. The van der Waals surface area contributed by atoms with Crippen molar-refractivity contribution in [3.63, 3.8) is 0 Å². The Labute approximate surface area is 172 Å². The van der Waals surface area contributed by atoms with Crippen molar-refractivity contribution < 1.29 is 13.5 Å². The third kappa shape index (κ3) is 3.69. The van der Waals surface area contributed by atoms with Gasteiger partial charge >= 0.3 is 0 Å². The van der Waals surface area contributed by atoms with Gasteiger partial charge in [0.2, 0.25) is 5.78 Å². The molecule has 0 unspecified atom stereocenters. The van der Waals surface area contributed by atoms with Gasteiger partial charge in [-0.15, -0.1) is 10.2 Å². The highest BCUT2D eigenvalue weighted by atomic mass is 32.2. The number of rotatable bonds is 6. The molecule has 10 heteroatoms. The van der Waals surface area contributed by atoms with E-state index in [0.717, 1.165) is 11.1 Å². The van der Waals surface area contributed by atoms with Crippen LogP contribution < -0.4 is 10.3 Å². The van der Waals surface area contributed by atoms with Crippen LogP contribution in [0.4, 0.5) is 8.78 Å². The average Bonchev–Trinajstić information content (AvgIpc) is 3.15. The minimum absolute atomic E-state index is 0.131. The second kappa shape index (κ2) is 8.03. The lowest BCUT2D eigenvalue weighted by atomic mass is 10.2. The van der Waals surface area contributed by atoms with Gasteiger partial charge in [-0.2, -0.15) is 8.78 Å². The third-order valence-corrected chi connectivity index (χ3v) is 6.18. The van der Waals surface area contributed by atoms with E-state index in [9.17, 15) is 13.6 Å². The Balaban J connectivity index is 1.68. The molecule has 0 saturated heterocycles. The van der Waals surface area contributed by atoms with E-state index in [0.29, 0.717) is 44.5 Å². The standard InChI is InChI=1S/C19H16F2N4O2S2/c1-24-16(26)12-5-3-4-6-13(12)25-18(24)22-23-19(25)28-10-11-7-8-15(29-17(20)21)14(9-11)27-2/h3-9,17H,10H2,1-2H3. The minimum atomic E-state index is -2.51. The zero-order valence-corrected chi connectivity index (χ0v) is 17.1. The van der Waals surface area contributed by atoms with Crippen molar-refractivity contribution in [2.45, 2.75) is 21.6 Å². The zero-order chi connectivity index (χ0) is 20.5. The number of benzene rings is 2. The molecule has 0 spiro atoms. The summed E-state index contributed by atoms with van der Waals surface area (Å²) in [6, 6.07) is 12.5. The van der Waals surface area contributed by atoms with E-state index in [1.54, 1.807) is 31.3 Å². The van der Waals surface area contributed by atoms with Crippen LogP contribution >= 0.6 is 23.5 Å². The maximum Gasteiger partial charge on any atom is 0.289 e. The first-order valence-corrected chi connectivity index (χ1v) is 10.4. The molecule has 4 aromatic rings. The van der Waals surface area contributed by atoms with E-state index in [2.05, 4.69) is 10.2 Å². The molecule has 0 fully saturated rings. The molecule has 0 aliphatic rings. The number of para-hydroxylation sites is 1. The van der Waals surface area contributed by atoms with Crippen LogP contribution in [0.1, 0.15) is 5.56 Å². The van der Waals surface area contributed by atoms with Gasteiger partial charge in [0.05, 0.1) is 22.9 Å². The average molecular weight is 434 g/mol. The Hall–Kier alpha value is -2.59. The number of halogens is 2. The molecule has 0 aliphatic heterocycles. The molecular formula is C19H16F2N4O2S2. The molecule has 29 heavy (non-hydrogen) atoms. The number of aryl methyl sites for hydroxylation is 1. The third-order valence-electron chi connectivity index (χ3n) is 4.41. The fraction of sp³-hybridized carbons (Fsp3) is 0.211. The highest BCUT2D eigenvalue weighted by Crippen LogP contribution is 2.35. The molecule has 0 radical (unpaired) electrons. The van der Waals surface area contributed by atoms with Gasteiger partial charge in [-0.1, -0.05) is 41.7 Å². The van der Waals surface area contributed by atoms with Crippen LogP contribution in [0.2, 0.25) is 0 Å². The summed E-state index contributed by atoms with van der Waals surface area (Å²) in [4.78, 5) is 12.9. The Bertz CT molecular complexity index is 1260. The number of thioether (sulfide) groups is 2. The molecule has 2 heterocycles. The van der Waals surface area contributed by atoms with Gasteiger partial charge in [-0.3, -0.25) is 13.8 Å². The number of hydrogen-bond donors (Lipinski definition) is 0. The van der Waals surface area contributed by atoms with Gasteiger partial charge in [-0.25, -0.2) is 0 Å². The van der Waals surface area contributed by atoms with Crippen LogP contribution in [-0.2, 0) is 12.8 Å². The summed E-state index contributed by atoms with van der Waals surface area (Å²) in [5, 5.41) is 9.63. The number of alkyl halides is 2. The van der Waals surface area contributed by atoms with Crippen LogP contribution in [0.15, 0.2) is 57.3 Å². The molecule has 0 atom stereocenters. The topological polar surface area (TPSA) is 61.4 Å². The molecule has 150 valence electrons. The summed E-state index contributed by atoms with van der Waals surface area (Å²) >= 11 is 1.90. The van der Waals surface area contributed by atoms with Crippen LogP contribution in [-0.4, -0.2) is 32.0 Å². The van der Waals surface area contributed by atoms with Crippen molar-refractivity contribution in [1.82, 2.24) is 19.2 Å². The SMILES string of the molecule is COc1cc(CSc2nnc3n(C)c(=O)c4ccccc4n23)ccc1SC(F)F. The van der Waals surface area contributed by atoms with E-state index in [4.69, 9.17) is 4.74 Å². The first-order valence-electron chi connectivity index (χ1n) is 8.57. The summed E-state index contributed by atoms with van der Waals surface area (Å²) < 4.78 is 33.9. The number of hydrogen-bond acceptors (Lipinski definition) is 6. The van der Waals surface area contributed by atoms with E-state index in [-0.39, 0.29) is 5.56 Å². The van der Waals surface area contributed by atoms with Crippen molar-refractivity contribution in [2.75, 3.05) is 7.11 Å². The van der Waals surface area contributed by atoms with Gasteiger partial charge in [0.15, 0.2) is 5.16 Å². The predicted octanol–water partition coefficient (Wildman–Crippen LogP) is 4.20. The number of nitrogens with zero attached hydrogens (tertiary/aromatic N) is 4. The molecule has 0 bridgehead atoms. The summed E-state index contributed by atoms with van der Waals surface area (Å²) in [5.41, 5.74) is 1.50. The van der Waals surface area contributed by atoms with E-state index in [1.165, 1.54) is 23.4 Å². The number of fused-ring (bicyclic) bond motifs is 3. The Morgan fingerprint density at radius 2 is 1.97 bits per heavy atom. The zero-order valence-electron chi connectivity index (χ0n) is 15.5. The number of ether oxygens (including phenoxy) is 1. The quantitative estimate of drug-likeness (QED) is 0.424. The fourth-order valence-corrected chi connectivity index (χ4v) is 4.53. The molecule has 0 saturated carbocycles. The Morgan fingerprint density at radius 3 is 2.72 bits per heavy atom. The van der Waals surface area contributed by atoms with Crippen LogP contribution in [0.3, 0.4) is 0 Å². The van der Waals surface area contributed by atoms with Crippen LogP contribution in [0.5, 0.6) is 5.75 Å². The maximum absolute atomic E-state index is 12.7. The Kier molecular flexibility index (Phi) is 5.46. The molecule has 6 nitrogen and oxygen atoms in total. The normalized spacial score (nSPS) is 11.6. The van der Waals surface area contributed by atoms with Gasteiger partial charge in [0.25, 0.3) is 11.3 Å². The largest absolute Gasteiger partial charge is 0.496 e. The molecule has 0 amide bonds. The first kappa shape index (κ1) is 19.7. The van der Waals surface area contributed by atoms with Crippen molar-refractivity contribution >= 4 is 40.2 Å². The predicted molar refractivity (Wildman–Crippen MR) is 110 cm³/mol. The molecule has 4 rings (SSSR count). The van der Waals surface area contributed by atoms with Gasteiger partial charge in [-0.05, 0) is 29.8 Å². The maximum atomic E-state index is 12.7. The summed E-state index contributed by atoms with van der Waals surface area (Å²) in [5.74, 6) is -1.11. The van der Waals surface area contributed by atoms with Gasteiger partial charge < -0.3 is 4.74 Å². The van der Waals surface area contributed by atoms with E-state index in [1.807, 2.05) is 22.6 Å². The molecule has 0 N–H and O–H groups in total. The minimum Gasteiger partial charge on any atom is -0.496 e. The van der Waals surface area contributed by atoms with Crippen LogP contribution in [0.25, 0.3) is 16.7 Å². The van der Waals surface area contributed by atoms with Crippen molar-refractivity contribution in [3.05, 3.63) is 58.4 Å². The highest BCUT2D eigenvalue weighted by molar-refractivity contribution is 7.99. The molecule has 0 aliphatic carbocycles. The highest BCUT2D eigenvalue weighted by Gasteiger charge is 2.16. The molecule has 2 aromatic heterocycles. The van der Waals surface area contributed by atoms with Gasteiger partial charge in [0, 0.05) is 12.8 Å². The van der Waals surface area contributed by atoms with Crippen molar-refractivity contribution in [3.8, 4) is 5.75 Å². The van der Waals surface area contributed by atoms with E-state index < -0.39 is 5.76 Å².